The number of nitrogens with two attached hydrogens (primary N) is 1. The molecule has 0 aliphatic rings. The van der Waals surface area contributed by atoms with E-state index in [4.69, 9.17) is 5.73 Å². The molecule has 0 fully saturated rings. The van der Waals surface area contributed by atoms with Crippen molar-refractivity contribution in [2.75, 3.05) is 0 Å². The highest BCUT2D eigenvalue weighted by Crippen LogP contribution is 2.10. The molecule has 1 aromatic rings. The van der Waals surface area contributed by atoms with Gasteiger partial charge in [-0.15, -0.1) is 11.3 Å². The highest BCUT2D eigenvalue weighted by atomic mass is 32.1. The first kappa shape index (κ1) is 12.4. The van der Waals surface area contributed by atoms with Gasteiger partial charge < -0.3 is 5.73 Å². The van der Waals surface area contributed by atoms with Crippen LogP contribution in [0, 0.1) is 0 Å². The molecule has 1 heterocycles. The fourth-order valence-corrected chi connectivity index (χ4v) is 1.69. The number of carbonyl (C=O) groups is 1. The van der Waals surface area contributed by atoms with E-state index < -0.39 is 6.03 Å². The lowest BCUT2D eigenvalue weighted by Gasteiger charge is -2.03. The van der Waals surface area contributed by atoms with Gasteiger partial charge in [0.05, 0.1) is 0 Å². The van der Waals surface area contributed by atoms with E-state index in [2.05, 4.69) is 10.3 Å². The predicted octanol–water partition coefficient (Wildman–Crippen LogP) is 2.24. The summed E-state index contributed by atoms with van der Waals surface area (Å²) in [5, 5.41) is 4.47. The molecule has 1 rings (SSSR count). The van der Waals surface area contributed by atoms with Gasteiger partial charge in [0.15, 0.2) is 0 Å². The summed E-state index contributed by atoms with van der Waals surface area (Å²) in [7, 11) is 0. The monoisotopic (exact) mass is 237 g/mol. The van der Waals surface area contributed by atoms with Gasteiger partial charge in [-0.3, -0.25) is 10.3 Å². The van der Waals surface area contributed by atoms with Crippen molar-refractivity contribution in [1.29, 1.82) is 0 Å². The summed E-state index contributed by atoms with van der Waals surface area (Å²) in [5.74, 6) is 0.482. The number of primary amides is 1. The summed E-state index contributed by atoms with van der Waals surface area (Å²) < 4.78 is 0. The number of rotatable bonds is 3. The van der Waals surface area contributed by atoms with Gasteiger partial charge in [-0.05, 0) is 37.4 Å². The summed E-state index contributed by atoms with van der Waals surface area (Å²) >= 11 is 1.62. The summed E-state index contributed by atoms with van der Waals surface area (Å²) in [5.41, 5.74) is 5.06. The Hall–Kier alpha value is -1.62. The van der Waals surface area contributed by atoms with Crippen molar-refractivity contribution in [3.05, 3.63) is 28.5 Å². The normalized spacial score (nSPS) is 12.3. The van der Waals surface area contributed by atoms with Crippen molar-refractivity contribution in [3.8, 4) is 0 Å². The van der Waals surface area contributed by atoms with Crippen molar-refractivity contribution in [2.24, 2.45) is 10.7 Å². The maximum atomic E-state index is 10.8. The van der Waals surface area contributed by atoms with Crippen molar-refractivity contribution in [1.82, 2.24) is 5.32 Å². The summed E-state index contributed by atoms with van der Waals surface area (Å²) in [4.78, 5) is 16.1. The van der Waals surface area contributed by atoms with Crippen molar-refractivity contribution in [3.63, 3.8) is 0 Å². The summed E-state index contributed by atoms with van der Waals surface area (Å²) in [6, 6.07) is 3.45. The number of urea groups is 1. The lowest BCUT2D eigenvalue weighted by molar-refractivity contribution is 0.253. The zero-order valence-electron chi connectivity index (χ0n) is 9.31. The van der Waals surface area contributed by atoms with E-state index in [0.29, 0.717) is 5.84 Å². The summed E-state index contributed by atoms with van der Waals surface area (Å²) in [6.07, 6.45) is 3.64. The zero-order valence-corrected chi connectivity index (χ0v) is 10.1. The number of hydrogen-bond acceptors (Lipinski definition) is 3. The molecule has 4 nitrogen and oxygen atoms in total. The molecule has 0 aromatic carbocycles. The van der Waals surface area contributed by atoms with E-state index >= 15 is 0 Å². The largest absolute Gasteiger partial charge is 0.351 e. The van der Waals surface area contributed by atoms with Crippen LogP contribution in [0.4, 0.5) is 4.79 Å². The van der Waals surface area contributed by atoms with Crippen LogP contribution in [0.5, 0.6) is 0 Å². The third-order valence-corrected chi connectivity index (χ3v) is 2.43. The Labute approximate surface area is 98.9 Å². The Morgan fingerprint density at radius 2 is 2.38 bits per heavy atom. The first-order chi connectivity index (χ1) is 7.58. The number of aliphatic imine (C=N–C) groups is 1. The van der Waals surface area contributed by atoms with Crippen molar-refractivity contribution in [2.45, 2.75) is 19.9 Å². The Balaban J connectivity index is 2.74. The van der Waals surface area contributed by atoms with Gasteiger partial charge in [0.25, 0.3) is 0 Å². The highest BCUT2D eigenvalue weighted by Gasteiger charge is 1.99. The quantitative estimate of drug-likeness (QED) is 0.614. The molecule has 0 aliphatic carbocycles. The summed E-state index contributed by atoms with van der Waals surface area (Å²) in [6.45, 7) is 3.86. The van der Waals surface area contributed by atoms with E-state index in [1.807, 2.05) is 37.4 Å². The Morgan fingerprint density at radius 1 is 1.62 bits per heavy atom. The van der Waals surface area contributed by atoms with Gasteiger partial charge in [0.1, 0.15) is 5.84 Å². The van der Waals surface area contributed by atoms with Gasteiger partial charge in [0.2, 0.25) is 0 Å². The molecule has 86 valence electrons. The second kappa shape index (κ2) is 6.07. The average molecular weight is 237 g/mol. The van der Waals surface area contributed by atoms with Crippen LogP contribution < -0.4 is 11.1 Å². The van der Waals surface area contributed by atoms with Crippen molar-refractivity contribution < 1.29 is 4.79 Å². The zero-order chi connectivity index (χ0) is 12.0. The van der Waals surface area contributed by atoms with E-state index in [1.54, 1.807) is 17.4 Å². The number of nitrogens with one attached hydrogen (secondary N) is 1. The van der Waals surface area contributed by atoms with Crippen molar-refractivity contribution >= 4 is 29.3 Å². The fraction of sp³-hybridized carbons (Fsp3) is 0.273. The lowest BCUT2D eigenvalue weighted by Crippen LogP contribution is -2.34. The Bertz CT molecular complexity index is 393. The van der Waals surface area contributed by atoms with E-state index in [1.165, 1.54) is 0 Å². The molecule has 0 atom stereocenters. The lowest BCUT2D eigenvalue weighted by atomic mass is 10.3. The molecule has 3 N–H and O–H groups in total. The predicted molar refractivity (Wildman–Crippen MR) is 68.6 cm³/mol. The maximum Gasteiger partial charge on any atom is 0.317 e. The minimum absolute atomic E-state index is 0.106. The highest BCUT2D eigenvalue weighted by molar-refractivity contribution is 7.10. The molecule has 0 bridgehead atoms. The van der Waals surface area contributed by atoms with Crippen LogP contribution in [-0.2, 0) is 0 Å². The van der Waals surface area contributed by atoms with Crippen LogP contribution in [0.3, 0.4) is 0 Å². The van der Waals surface area contributed by atoms with Crippen LogP contribution in [0.25, 0.3) is 6.08 Å². The second-order valence-electron chi connectivity index (χ2n) is 3.45. The molecule has 0 saturated heterocycles. The van der Waals surface area contributed by atoms with E-state index in [0.717, 1.165) is 4.88 Å². The van der Waals surface area contributed by atoms with Gasteiger partial charge in [0, 0.05) is 10.9 Å². The van der Waals surface area contributed by atoms with Crippen LogP contribution in [0.2, 0.25) is 0 Å². The first-order valence-electron chi connectivity index (χ1n) is 4.94. The molecule has 2 amide bonds. The topological polar surface area (TPSA) is 67.5 Å². The number of nitrogens with zero attached hydrogens (tertiary/aromatic N) is 1. The van der Waals surface area contributed by atoms with Gasteiger partial charge in [-0.1, -0.05) is 6.07 Å². The molecule has 16 heavy (non-hydrogen) atoms. The Kier molecular flexibility index (Phi) is 4.72. The number of carbonyl (C=O) groups excluding carboxylic acids is 1. The molecular formula is C11H15N3OS. The third-order valence-electron chi connectivity index (χ3n) is 1.60. The van der Waals surface area contributed by atoms with E-state index in [9.17, 15) is 4.79 Å². The first-order valence-corrected chi connectivity index (χ1v) is 5.81. The molecular weight excluding hydrogens is 222 g/mol. The number of thiophene rings is 1. The van der Waals surface area contributed by atoms with Crippen LogP contribution >= 0.6 is 11.3 Å². The van der Waals surface area contributed by atoms with E-state index in [-0.39, 0.29) is 6.04 Å². The van der Waals surface area contributed by atoms with Gasteiger partial charge in [-0.2, -0.15) is 0 Å². The maximum absolute atomic E-state index is 10.8. The van der Waals surface area contributed by atoms with Crippen LogP contribution in [-0.4, -0.2) is 17.9 Å². The second-order valence-corrected chi connectivity index (χ2v) is 4.43. The molecule has 0 aliphatic heterocycles. The van der Waals surface area contributed by atoms with Gasteiger partial charge >= 0.3 is 6.03 Å². The molecule has 5 heteroatoms. The smallest absolute Gasteiger partial charge is 0.317 e. The molecule has 0 radical (unpaired) electrons. The molecule has 0 saturated carbocycles. The average Bonchev–Trinajstić information content (AvgIpc) is 2.64. The molecule has 1 aromatic heterocycles. The number of hydrogen-bond donors (Lipinski definition) is 2. The Morgan fingerprint density at radius 3 is 2.88 bits per heavy atom. The van der Waals surface area contributed by atoms with Crippen LogP contribution in [0.1, 0.15) is 18.7 Å². The number of amidine groups is 1. The molecule has 0 spiro atoms. The standard InChI is InChI=1S/C11H15N3OS/c1-8(2)13-10(14-11(12)15)6-5-9-4-3-7-16-9/h3-8H,1-2H3,(H3,12,13,14,15). The SMILES string of the molecule is CC(C)N=C(C=Cc1cccs1)NC(N)=O. The minimum atomic E-state index is -0.602. The number of amides is 2. The third kappa shape index (κ3) is 4.75. The molecule has 0 unspecified atom stereocenters. The minimum Gasteiger partial charge on any atom is -0.351 e. The fourth-order valence-electron chi connectivity index (χ4n) is 1.07. The van der Waals surface area contributed by atoms with Crippen LogP contribution in [0.15, 0.2) is 28.6 Å². The van der Waals surface area contributed by atoms with Gasteiger partial charge in [-0.25, -0.2) is 4.79 Å².